The highest BCUT2D eigenvalue weighted by molar-refractivity contribution is 6.01. The number of halogens is 1. The van der Waals surface area contributed by atoms with Crippen LogP contribution in [0.2, 0.25) is 0 Å². The standard InChI is InChI=1S/C25H29FO7/c1-22-7-5-13(27)9-16(22)17(26)10-15-14-6-8-24(12-21(31)32,18(28)3-4-20(29)30)23(14,2)11-19-25(15,22)33-19/h5,7,9,14-15,17,19H,3-4,6,8,10-12H2,1-2H3,(H,29,30)(H,31,32)/t14-,15-,17?,19-,22-,23-,24-,25+/m0/s1. The Bertz CT molecular complexity index is 1030. The maximum Gasteiger partial charge on any atom is 0.304 e. The van der Waals surface area contributed by atoms with Crippen LogP contribution in [0.25, 0.3) is 0 Å². The summed E-state index contributed by atoms with van der Waals surface area (Å²) in [4.78, 5) is 48.4. The molecule has 0 aromatic carbocycles. The van der Waals surface area contributed by atoms with Crippen molar-refractivity contribution in [2.45, 2.75) is 76.7 Å². The van der Waals surface area contributed by atoms with Gasteiger partial charge in [0, 0.05) is 17.3 Å². The molecule has 0 bridgehead atoms. The van der Waals surface area contributed by atoms with Crippen LogP contribution in [0.1, 0.15) is 58.8 Å². The van der Waals surface area contributed by atoms with Crippen molar-refractivity contribution in [3.63, 3.8) is 0 Å². The van der Waals surface area contributed by atoms with Gasteiger partial charge in [0.15, 0.2) is 5.78 Å². The zero-order valence-electron chi connectivity index (χ0n) is 18.8. The minimum Gasteiger partial charge on any atom is -0.481 e. The number of hydrogen-bond donors (Lipinski definition) is 2. The van der Waals surface area contributed by atoms with Crippen LogP contribution in [-0.4, -0.2) is 51.6 Å². The van der Waals surface area contributed by atoms with E-state index in [0.29, 0.717) is 24.8 Å². The topological polar surface area (TPSA) is 121 Å². The van der Waals surface area contributed by atoms with E-state index in [0.717, 1.165) is 0 Å². The third kappa shape index (κ3) is 2.70. The van der Waals surface area contributed by atoms with Crippen molar-refractivity contribution >= 4 is 23.5 Å². The van der Waals surface area contributed by atoms with Gasteiger partial charge in [0.2, 0.25) is 0 Å². The first kappa shape index (κ1) is 22.4. The summed E-state index contributed by atoms with van der Waals surface area (Å²) < 4.78 is 21.9. The van der Waals surface area contributed by atoms with E-state index in [2.05, 4.69) is 0 Å². The van der Waals surface area contributed by atoms with E-state index in [1.54, 1.807) is 6.08 Å². The minimum absolute atomic E-state index is 0.132. The number of carboxylic acid groups (broad SMARTS) is 2. The van der Waals surface area contributed by atoms with Crippen LogP contribution in [0.15, 0.2) is 23.8 Å². The molecule has 1 spiro atoms. The molecule has 4 aliphatic carbocycles. The molecule has 5 aliphatic rings. The predicted molar refractivity (Wildman–Crippen MR) is 113 cm³/mol. The number of fused-ring (bicyclic) bond motifs is 3. The highest BCUT2D eigenvalue weighted by Crippen LogP contribution is 2.78. The Morgan fingerprint density at radius 2 is 1.88 bits per heavy atom. The molecule has 2 N–H and O–H groups in total. The number of aliphatic carboxylic acids is 2. The maximum absolute atomic E-state index is 15.5. The molecule has 0 aromatic rings. The molecule has 3 saturated carbocycles. The molecule has 0 amide bonds. The average Bonchev–Trinajstić information content (AvgIpc) is 3.38. The summed E-state index contributed by atoms with van der Waals surface area (Å²) in [6, 6.07) is 0. The lowest BCUT2D eigenvalue weighted by Gasteiger charge is -2.57. The number of rotatable bonds is 6. The van der Waals surface area contributed by atoms with Crippen LogP contribution >= 0.6 is 0 Å². The van der Waals surface area contributed by atoms with Crippen molar-refractivity contribution < 1.29 is 38.5 Å². The van der Waals surface area contributed by atoms with Crippen molar-refractivity contribution in [3.05, 3.63) is 23.8 Å². The van der Waals surface area contributed by atoms with E-state index in [1.165, 1.54) is 12.2 Å². The van der Waals surface area contributed by atoms with Crippen LogP contribution in [0, 0.1) is 28.1 Å². The zero-order chi connectivity index (χ0) is 24.0. The molecular weight excluding hydrogens is 431 g/mol. The summed E-state index contributed by atoms with van der Waals surface area (Å²) in [5.74, 6) is -3.10. The lowest BCUT2D eigenvalue weighted by atomic mass is 9.44. The quantitative estimate of drug-likeness (QED) is 0.584. The number of alkyl halides is 1. The number of allylic oxidation sites excluding steroid dienone is 2. The fourth-order valence-corrected chi connectivity index (χ4v) is 8.32. The fraction of sp³-hybridized carbons (Fsp3) is 0.680. The van der Waals surface area contributed by atoms with Crippen LogP contribution < -0.4 is 0 Å². The third-order valence-corrected chi connectivity index (χ3v) is 9.84. The Labute approximate surface area is 191 Å². The van der Waals surface area contributed by atoms with Crippen molar-refractivity contribution in [3.8, 4) is 0 Å². The van der Waals surface area contributed by atoms with E-state index in [9.17, 15) is 24.3 Å². The normalized spacial score (nSPS) is 47.0. The summed E-state index contributed by atoms with van der Waals surface area (Å²) >= 11 is 0. The molecular formula is C25H29FO7. The van der Waals surface area contributed by atoms with Gasteiger partial charge in [-0.15, -0.1) is 0 Å². The fourth-order valence-electron chi connectivity index (χ4n) is 8.32. The molecule has 1 saturated heterocycles. The molecule has 1 heterocycles. The average molecular weight is 460 g/mol. The number of ether oxygens (including phenoxy) is 1. The predicted octanol–water partition coefficient (Wildman–Crippen LogP) is 3.27. The number of ketones is 2. The summed E-state index contributed by atoms with van der Waals surface area (Å²) in [6.45, 7) is 3.85. The molecule has 0 aromatic heterocycles. The van der Waals surface area contributed by atoms with Crippen LogP contribution in [0.4, 0.5) is 4.39 Å². The number of Topliss-reactive ketones (excluding diaryl/α,β-unsaturated/α-hetero) is 1. The first-order valence-corrected chi connectivity index (χ1v) is 11.7. The lowest BCUT2D eigenvalue weighted by Crippen LogP contribution is -2.61. The van der Waals surface area contributed by atoms with Crippen LogP contribution in [0.3, 0.4) is 0 Å². The van der Waals surface area contributed by atoms with E-state index in [-0.39, 0.29) is 55.2 Å². The summed E-state index contributed by atoms with van der Waals surface area (Å²) in [6.07, 6.45) is 3.67. The smallest absolute Gasteiger partial charge is 0.304 e. The molecule has 8 heteroatoms. The van der Waals surface area contributed by atoms with Gasteiger partial charge in [0.1, 0.15) is 17.6 Å². The first-order valence-electron chi connectivity index (χ1n) is 11.7. The third-order valence-electron chi connectivity index (χ3n) is 9.84. The summed E-state index contributed by atoms with van der Waals surface area (Å²) in [5.41, 5.74) is -2.91. The van der Waals surface area contributed by atoms with E-state index in [4.69, 9.17) is 9.84 Å². The highest BCUT2D eigenvalue weighted by atomic mass is 19.1. The van der Waals surface area contributed by atoms with Gasteiger partial charge in [0.05, 0.1) is 18.9 Å². The number of hydrogen-bond acceptors (Lipinski definition) is 5. The Kier molecular flexibility index (Phi) is 4.65. The van der Waals surface area contributed by atoms with Gasteiger partial charge >= 0.3 is 11.9 Å². The summed E-state index contributed by atoms with van der Waals surface area (Å²) in [7, 11) is 0. The molecule has 1 unspecified atom stereocenters. The lowest BCUT2D eigenvalue weighted by molar-refractivity contribution is -0.154. The molecule has 0 radical (unpaired) electrons. The molecule has 5 rings (SSSR count). The second-order valence-electron chi connectivity index (χ2n) is 11.0. The van der Waals surface area contributed by atoms with Crippen molar-refractivity contribution in [2.75, 3.05) is 0 Å². The van der Waals surface area contributed by atoms with Crippen molar-refractivity contribution in [2.24, 2.45) is 28.1 Å². The second-order valence-corrected chi connectivity index (χ2v) is 11.0. The first-order chi connectivity index (χ1) is 15.4. The van der Waals surface area contributed by atoms with Gasteiger partial charge in [-0.1, -0.05) is 13.0 Å². The van der Waals surface area contributed by atoms with Gasteiger partial charge in [-0.25, -0.2) is 4.39 Å². The van der Waals surface area contributed by atoms with Gasteiger partial charge in [-0.2, -0.15) is 0 Å². The molecule has 7 nitrogen and oxygen atoms in total. The Morgan fingerprint density at radius 1 is 1.15 bits per heavy atom. The van der Waals surface area contributed by atoms with E-state index < -0.39 is 40.0 Å². The zero-order valence-corrected chi connectivity index (χ0v) is 18.8. The van der Waals surface area contributed by atoms with E-state index in [1.807, 2.05) is 13.8 Å². The molecule has 178 valence electrons. The number of carboxylic acids is 2. The monoisotopic (exact) mass is 460 g/mol. The van der Waals surface area contributed by atoms with Crippen LogP contribution in [0.5, 0.6) is 0 Å². The van der Waals surface area contributed by atoms with Gasteiger partial charge in [-0.3, -0.25) is 19.2 Å². The van der Waals surface area contributed by atoms with Crippen LogP contribution in [-0.2, 0) is 23.9 Å². The molecule has 33 heavy (non-hydrogen) atoms. The number of carbonyl (C=O) groups excluding carboxylic acids is 2. The number of carbonyl (C=O) groups is 4. The number of epoxide rings is 1. The Hall–Kier alpha value is -2.35. The molecule has 1 aliphatic heterocycles. The SMILES string of the molecule is C[C@]12C=CC(=O)C=C1C(F)C[C@H]1[C@@H]3CC[C@](CC(=O)O)(C(=O)CCC(=O)O)[C@@]3(C)C[C@@H]3O[C@@]312. The summed E-state index contributed by atoms with van der Waals surface area (Å²) in [5, 5.41) is 18.8. The second kappa shape index (κ2) is 6.84. The Morgan fingerprint density at radius 3 is 2.55 bits per heavy atom. The maximum atomic E-state index is 15.5. The largest absolute Gasteiger partial charge is 0.481 e. The Balaban J connectivity index is 1.56. The van der Waals surface area contributed by atoms with E-state index >= 15 is 4.39 Å². The van der Waals surface area contributed by atoms with Gasteiger partial charge < -0.3 is 14.9 Å². The minimum atomic E-state index is -1.32. The van der Waals surface area contributed by atoms with Crippen molar-refractivity contribution in [1.82, 2.24) is 0 Å². The molecule has 4 fully saturated rings. The van der Waals surface area contributed by atoms with Gasteiger partial charge in [-0.05, 0) is 67.6 Å². The highest BCUT2D eigenvalue weighted by Gasteiger charge is 2.82. The van der Waals surface area contributed by atoms with Crippen molar-refractivity contribution in [1.29, 1.82) is 0 Å². The van der Waals surface area contributed by atoms with Gasteiger partial charge in [0.25, 0.3) is 0 Å². The molecule has 8 atom stereocenters.